The minimum absolute atomic E-state index is 0.0555. The lowest BCUT2D eigenvalue weighted by Gasteiger charge is -2.08. The highest BCUT2D eigenvalue weighted by Crippen LogP contribution is 2.31. The van der Waals surface area contributed by atoms with Gasteiger partial charge in [0.25, 0.3) is 5.91 Å². The molecule has 0 unspecified atom stereocenters. The number of halogens is 2. The van der Waals surface area contributed by atoms with Crippen molar-refractivity contribution in [3.8, 4) is 5.88 Å². The van der Waals surface area contributed by atoms with Crippen molar-refractivity contribution >= 4 is 45.6 Å². The Hall–Kier alpha value is -1.44. The predicted octanol–water partition coefficient (Wildman–Crippen LogP) is 2.50. The number of rotatable bonds is 3. The molecular formula is C9H6Cl2N4O2S. The van der Waals surface area contributed by atoms with E-state index in [1.807, 2.05) is 0 Å². The van der Waals surface area contributed by atoms with Crippen LogP contribution < -0.4 is 10.1 Å². The lowest BCUT2D eigenvalue weighted by atomic mass is 10.2. The molecule has 0 aliphatic carbocycles. The molecular weight excluding hydrogens is 299 g/mol. The third-order valence-electron chi connectivity index (χ3n) is 1.96. The van der Waals surface area contributed by atoms with E-state index in [0.29, 0.717) is 5.00 Å². The van der Waals surface area contributed by atoms with Crippen LogP contribution in [0.1, 0.15) is 10.4 Å². The van der Waals surface area contributed by atoms with Crippen molar-refractivity contribution in [3.63, 3.8) is 0 Å². The van der Waals surface area contributed by atoms with Crippen molar-refractivity contribution in [3.05, 3.63) is 28.0 Å². The first-order valence-electron chi connectivity index (χ1n) is 4.60. The molecule has 6 nitrogen and oxygen atoms in total. The number of hydrogen-bond donors (Lipinski definition) is 1. The van der Waals surface area contributed by atoms with E-state index in [0.717, 1.165) is 11.5 Å². The van der Waals surface area contributed by atoms with Crippen LogP contribution in [0.4, 0.5) is 5.00 Å². The first-order valence-corrected chi connectivity index (χ1v) is 6.13. The summed E-state index contributed by atoms with van der Waals surface area (Å²) >= 11 is 12.9. The van der Waals surface area contributed by atoms with E-state index < -0.39 is 5.91 Å². The summed E-state index contributed by atoms with van der Waals surface area (Å²) in [6.07, 6.45) is 2.72. The second-order valence-corrected chi connectivity index (χ2v) is 4.61. The fourth-order valence-electron chi connectivity index (χ4n) is 1.20. The van der Waals surface area contributed by atoms with Crippen LogP contribution in [0.3, 0.4) is 0 Å². The zero-order valence-electron chi connectivity index (χ0n) is 8.98. The Bertz CT molecular complexity index is 576. The Kier molecular flexibility index (Phi) is 3.95. The minimum Gasteiger partial charge on any atom is -0.480 e. The highest BCUT2D eigenvalue weighted by Gasteiger charge is 2.20. The highest BCUT2D eigenvalue weighted by molar-refractivity contribution is 7.10. The molecule has 0 spiro atoms. The van der Waals surface area contributed by atoms with Crippen LogP contribution in [0.2, 0.25) is 10.0 Å². The summed E-state index contributed by atoms with van der Waals surface area (Å²) in [5, 5.41) is 6.85. The van der Waals surface area contributed by atoms with Crippen molar-refractivity contribution in [1.29, 1.82) is 0 Å². The Morgan fingerprint density at radius 2 is 2.22 bits per heavy atom. The lowest BCUT2D eigenvalue weighted by molar-refractivity contribution is 0.102. The van der Waals surface area contributed by atoms with Crippen molar-refractivity contribution in [2.45, 2.75) is 0 Å². The highest BCUT2D eigenvalue weighted by atomic mass is 35.5. The molecule has 0 bridgehead atoms. The van der Waals surface area contributed by atoms with Crippen molar-refractivity contribution < 1.29 is 9.53 Å². The number of amides is 1. The van der Waals surface area contributed by atoms with Gasteiger partial charge in [-0.3, -0.25) is 4.79 Å². The van der Waals surface area contributed by atoms with Crippen LogP contribution in [0.5, 0.6) is 5.88 Å². The summed E-state index contributed by atoms with van der Waals surface area (Å²) in [6.45, 7) is 0. The SMILES string of the molecule is COc1ncc(Cl)c(C(=O)Nc2cnns2)c1Cl. The van der Waals surface area contributed by atoms with E-state index >= 15 is 0 Å². The maximum Gasteiger partial charge on any atom is 0.259 e. The normalized spacial score (nSPS) is 10.2. The zero-order valence-corrected chi connectivity index (χ0v) is 11.3. The van der Waals surface area contributed by atoms with Gasteiger partial charge >= 0.3 is 0 Å². The fraction of sp³-hybridized carbons (Fsp3) is 0.111. The van der Waals surface area contributed by atoms with E-state index in [1.165, 1.54) is 19.5 Å². The van der Waals surface area contributed by atoms with E-state index in [9.17, 15) is 4.79 Å². The molecule has 2 aromatic heterocycles. The quantitative estimate of drug-likeness (QED) is 0.942. The maximum atomic E-state index is 12.0. The van der Waals surface area contributed by atoms with Crippen LogP contribution in [0.15, 0.2) is 12.4 Å². The average Bonchev–Trinajstić information content (AvgIpc) is 2.82. The van der Waals surface area contributed by atoms with E-state index in [4.69, 9.17) is 27.9 Å². The van der Waals surface area contributed by atoms with Gasteiger partial charge in [0.05, 0.1) is 30.1 Å². The molecule has 2 heterocycles. The average molecular weight is 305 g/mol. The molecule has 18 heavy (non-hydrogen) atoms. The second-order valence-electron chi connectivity index (χ2n) is 3.04. The summed E-state index contributed by atoms with van der Waals surface area (Å²) in [6, 6.07) is 0. The summed E-state index contributed by atoms with van der Waals surface area (Å²) in [7, 11) is 1.40. The van der Waals surface area contributed by atoms with Gasteiger partial charge in [-0.2, -0.15) is 0 Å². The molecule has 9 heteroatoms. The molecule has 0 saturated carbocycles. The number of ether oxygens (including phenoxy) is 1. The first kappa shape index (κ1) is 13.0. The largest absolute Gasteiger partial charge is 0.480 e. The number of anilines is 1. The van der Waals surface area contributed by atoms with Crippen LogP contribution >= 0.6 is 34.7 Å². The Balaban J connectivity index is 2.35. The molecule has 2 rings (SSSR count). The summed E-state index contributed by atoms with van der Waals surface area (Å²) < 4.78 is 8.54. The molecule has 0 aliphatic rings. The van der Waals surface area contributed by atoms with Gasteiger partial charge in [-0.1, -0.05) is 27.7 Å². The molecule has 2 aromatic rings. The number of hydrogen-bond acceptors (Lipinski definition) is 6. The van der Waals surface area contributed by atoms with E-state index in [-0.39, 0.29) is 21.5 Å². The van der Waals surface area contributed by atoms with Gasteiger partial charge in [0, 0.05) is 11.5 Å². The van der Waals surface area contributed by atoms with Crippen LogP contribution in [-0.2, 0) is 0 Å². The molecule has 0 saturated heterocycles. The molecule has 0 fully saturated rings. The number of nitrogens with zero attached hydrogens (tertiary/aromatic N) is 3. The number of carbonyl (C=O) groups excluding carboxylic acids is 1. The summed E-state index contributed by atoms with van der Waals surface area (Å²) in [4.78, 5) is 15.9. The molecule has 1 N–H and O–H groups in total. The van der Waals surface area contributed by atoms with Crippen LogP contribution in [-0.4, -0.2) is 27.6 Å². The van der Waals surface area contributed by atoms with Gasteiger partial charge in [0.2, 0.25) is 5.88 Å². The second kappa shape index (κ2) is 5.47. The number of methoxy groups -OCH3 is 1. The summed E-state index contributed by atoms with van der Waals surface area (Å²) in [5.74, 6) is -0.342. The number of carbonyl (C=O) groups is 1. The summed E-state index contributed by atoms with van der Waals surface area (Å²) in [5.41, 5.74) is 0.0959. The molecule has 0 atom stereocenters. The van der Waals surface area contributed by atoms with Crippen molar-refractivity contribution in [1.82, 2.24) is 14.6 Å². The third-order valence-corrected chi connectivity index (χ3v) is 3.18. The van der Waals surface area contributed by atoms with Gasteiger partial charge < -0.3 is 10.1 Å². The third kappa shape index (κ3) is 2.53. The van der Waals surface area contributed by atoms with Crippen molar-refractivity contribution in [2.75, 3.05) is 12.4 Å². The van der Waals surface area contributed by atoms with E-state index in [2.05, 4.69) is 19.9 Å². The molecule has 94 valence electrons. The Morgan fingerprint density at radius 3 is 2.83 bits per heavy atom. The maximum absolute atomic E-state index is 12.0. The lowest BCUT2D eigenvalue weighted by Crippen LogP contribution is -2.13. The standard InChI is InChI=1S/C9H6Cl2N4O2S/c1-17-9-7(11)6(4(10)2-12-9)8(16)14-5-3-13-15-18-5/h2-3H,1H3,(H,14,16). The molecule has 0 aromatic carbocycles. The van der Waals surface area contributed by atoms with Crippen molar-refractivity contribution in [2.24, 2.45) is 0 Å². The van der Waals surface area contributed by atoms with Crippen LogP contribution in [0, 0.1) is 0 Å². The van der Waals surface area contributed by atoms with Gasteiger partial charge in [-0.15, -0.1) is 5.10 Å². The van der Waals surface area contributed by atoms with Gasteiger partial charge in [-0.05, 0) is 0 Å². The minimum atomic E-state index is -0.475. The molecule has 0 aliphatic heterocycles. The molecule has 0 radical (unpaired) electrons. The first-order chi connectivity index (χ1) is 8.63. The number of aromatic nitrogens is 3. The Morgan fingerprint density at radius 1 is 1.44 bits per heavy atom. The number of pyridine rings is 1. The zero-order chi connectivity index (χ0) is 13.1. The topological polar surface area (TPSA) is 77.0 Å². The van der Waals surface area contributed by atoms with Crippen LogP contribution in [0.25, 0.3) is 0 Å². The van der Waals surface area contributed by atoms with Gasteiger partial charge in [-0.25, -0.2) is 4.98 Å². The monoisotopic (exact) mass is 304 g/mol. The smallest absolute Gasteiger partial charge is 0.259 e. The molecule has 1 amide bonds. The van der Waals surface area contributed by atoms with E-state index in [1.54, 1.807) is 0 Å². The Labute approximate surface area is 116 Å². The fourth-order valence-corrected chi connectivity index (χ4v) is 2.20. The predicted molar refractivity (Wildman–Crippen MR) is 68.7 cm³/mol. The van der Waals surface area contributed by atoms with Gasteiger partial charge in [0.15, 0.2) is 0 Å². The number of nitrogens with one attached hydrogen (secondary N) is 1. The van der Waals surface area contributed by atoms with Gasteiger partial charge in [0.1, 0.15) is 10.0 Å².